The normalized spacial score (nSPS) is 11.5. The molecule has 2 heterocycles. The van der Waals surface area contributed by atoms with Crippen LogP contribution in [0.5, 0.6) is 0 Å². The van der Waals surface area contributed by atoms with Crippen LogP contribution in [-0.4, -0.2) is 20.0 Å². The van der Waals surface area contributed by atoms with Crippen LogP contribution in [0, 0.1) is 3.95 Å². The highest BCUT2D eigenvalue weighted by molar-refractivity contribution is 7.73. The first-order chi connectivity index (χ1) is 13.2. The van der Waals surface area contributed by atoms with Gasteiger partial charge in [0.25, 0.3) is 5.56 Å². The first-order valence-electron chi connectivity index (χ1n) is 8.81. The molecule has 0 saturated heterocycles. The molecule has 0 bridgehead atoms. The van der Waals surface area contributed by atoms with E-state index >= 15 is 0 Å². The van der Waals surface area contributed by atoms with Gasteiger partial charge in [0.05, 0.1) is 0 Å². The number of benzene rings is 1. The number of fused-ring (bicyclic) bond motifs is 1. The first kappa shape index (κ1) is 20.2. The Hall–Kier alpha value is -2.58. The maximum atomic E-state index is 12.7. The summed E-state index contributed by atoms with van der Waals surface area (Å²) in [5.41, 5.74) is 2.16. The molecule has 0 aliphatic heterocycles. The smallest absolute Gasteiger partial charge is 0.273 e. The Labute approximate surface area is 172 Å². The maximum Gasteiger partial charge on any atom is 0.273 e. The summed E-state index contributed by atoms with van der Waals surface area (Å²) in [6.45, 7) is 10.5. The summed E-state index contributed by atoms with van der Waals surface area (Å²) in [4.78, 5) is 29.4. The number of carbonyl (C=O) groups is 1. The molecule has 0 radical (unpaired) electrons. The predicted octanol–water partition coefficient (Wildman–Crippen LogP) is 4.11. The quantitative estimate of drug-likeness (QED) is 0.504. The molecule has 0 aliphatic carbocycles. The van der Waals surface area contributed by atoms with Crippen LogP contribution >= 0.6 is 23.6 Å². The number of allylic oxidation sites excluding steroid dienone is 1. The maximum absolute atomic E-state index is 12.7. The van der Waals surface area contributed by atoms with Crippen LogP contribution in [0.2, 0.25) is 0 Å². The molecule has 0 spiro atoms. The molecular weight excluding hydrogens is 392 g/mol. The Kier molecular flexibility index (Phi) is 5.62. The fraction of sp³-hybridized carbons (Fsp3) is 0.300. The van der Waals surface area contributed by atoms with Gasteiger partial charge in [0.1, 0.15) is 17.6 Å². The monoisotopic (exact) mass is 414 g/mol. The van der Waals surface area contributed by atoms with Gasteiger partial charge in [-0.25, -0.2) is 4.98 Å². The number of thiazole rings is 1. The van der Waals surface area contributed by atoms with Crippen LogP contribution in [0.1, 0.15) is 26.3 Å². The van der Waals surface area contributed by atoms with E-state index < -0.39 is 0 Å². The van der Waals surface area contributed by atoms with Crippen LogP contribution in [0.4, 0.5) is 5.69 Å². The van der Waals surface area contributed by atoms with E-state index in [9.17, 15) is 9.59 Å². The fourth-order valence-corrected chi connectivity index (χ4v) is 4.10. The van der Waals surface area contributed by atoms with Crippen LogP contribution in [-0.2, 0) is 23.3 Å². The largest absolute Gasteiger partial charge is 0.325 e. The van der Waals surface area contributed by atoms with Crippen molar-refractivity contribution in [1.82, 2.24) is 14.1 Å². The zero-order valence-electron chi connectivity index (χ0n) is 16.1. The lowest BCUT2D eigenvalue weighted by Gasteiger charge is -2.19. The van der Waals surface area contributed by atoms with Crippen molar-refractivity contribution in [3.8, 4) is 0 Å². The second kappa shape index (κ2) is 7.81. The number of amides is 1. The lowest BCUT2D eigenvalue weighted by atomic mass is 9.87. The Morgan fingerprint density at radius 1 is 1.32 bits per heavy atom. The van der Waals surface area contributed by atoms with Gasteiger partial charge >= 0.3 is 0 Å². The Morgan fingerprint density at radius 2 is 2.00 bits per heavy atom. The molecule has 0 unspecified atom stereocenters. The molecule has 8 heteroatoms. The van der Waals surface area contributed by atoms with Crippen molar-refractivity contribution in [3.05, 3.63) is 63.1 Å². The number of nitrogens with one attached hydrogen (secondary N) is 1. The minimum absolute atomic E-state index is 0.0453. The van der Waals surface area contributed by atoms with E-state index in [1.807, 2.05) is 24.3 Å². The summed E-state index contributed by atoms with van der Waals surface area (Å²) in [5, 5.41) is 2.82. The molecule has 0 saturated carbocycles. The average Bonchev–Trinajstić information content (AvgIpc) is 2.94. The Bertz CT molecular complexity index is 1150. The van der Waals surface area contributed by atoms with Crippen molar-refractivity contribution in [2.75, 3.05) is 5.32 Å². The molecule has 146 valence electrons. The van der Waals surface area contributed by atoms with Gasteiger partial charge in [-0.2, -0.15) is 0 Å². The SMILES string of the molecule is C=CCn1c(=S)sc2c(=O)n(CC(=O)Nc3ccc(C(C)(C)C)cc3)cnc21. The summed E-state index contributed by atoms with van der Waals surface area (Å²) in [6.07, 6.45) is 3.08. The molecule has 0 fully saturated rings. The van der Waals surface area contributed by atoms with Gasteiger partial charge < -0.3 is 9.88 Å². The van der Waals surface area contributed by atoms with Crippen molar-refractivity contribution in [2.24, 2.45) is 0 Å². The highest BCUT2D eigenvalue weighted by Gasteiger charge is 2.15. The fourth-order valence-electron chi connectivity index (χ4n) is 2.78. The highest BCUT2D eigenvalue weighted by Crippen LogP contribution is 2.23. The Morgan fingerprint density at radius 3 is 2.61 bits per heavy atom. The molecule has 3 rings (SSSR count). The topological polar surface area (TPSA) is 68.9 Å². The summed E-state index contributed by atoms with van der Waals surface area (Å²) in [6, 6.07) is 7.71. The van der Waals surface area contributed by atoms with Crippen molar-refractivity contribution >= 4 is 45.5 Å². The summed E-state index contributed by atoms with van der Waals surface area (Å²) >= 11 is 6.50. The standard InChI is InChI=1S/C20H22N4O2S2/c1-5-10-24-17-16(28-19(24)27)18(26)23(12-21-17)11-15(25)22-14-8-6-13(7-9-14)20(2,3)4/h5-9,12H,1,10-11H2,2-4H3,(H,22,25). The molecule has 1 N–H and O–H groups in total. The number of aromatic nitrogens is 3. The molecule has 0 atom stereocenters. The minimum Gasteiger partial charge on any atom is -0.325 e. The molecule has 28 heavy (non-hydrogen) atoms. The number of hydrogen-bond acceptors (Lipinski definition) is 5. The third kappa shape index (κ3) is 4.13. The van der Waals surface area contributed by atoms with E-state index in [-0.39, 0.29) is 23.4 Å². The van der Waals surface area contributed by atoms with Crippen molar-refractivity contribution in [3.63, 3.8) is 0 Å². The molecule has 0 aliphatic rings. The van der Waals surface area contributed by atoms with Crippen LogP contribution in [0.25, 0.3) is 10.3 Å². The number of hydrogen-bond donors (Lipinski definition) is 1. The molecule has 6 nitrogen and oxygen atoms in total. The van der Waals surface area contributed by atoms with E-state index in [1.54, 1.807) is 10.6 Å². The van der Waals surface area contributed by atoms with Gasteiger partial charge in [0.2, 0.25) is 5.91 Å². The number of nitrogens with zero attached hydrogens (tertiary/aromatic N) is 3. The van der Waals surface area contributed by atoms with Crippen molar-refractivity contribution in [2.45, 2.75) is 39.3 Å². The van der Waals surface area contributed by atoms with Crippen molar-refractivity contribution < 1.29 is 4.79 Å². The molecule has 3 aromatic rings. The van der Waals surface area contributed by atoms with E-state index in [4.69, 9.17) is 12.2 Å². The summed E-state index contributed by atoms with van der Waals surface area (Å²) in [5.74, 6) is -0.291. The predicted molar refractivity (Wildman–Crippen MR) is 117 cm³/mol. The van der Waals surface area contributed by atoms with E-state index in [0.717, 1.165) is 0 Å². The molecule has 1 amide bonds. The number of rotatable bonds is 5. The summed E-state index contributed by atoms with van der Waals surface area (Å²) in [7, 11) is 0. The van der Waals surface area contributed by atoms with Gasteiger partial charge in [-0.05, 0) is 35.3 Å². The first-order valence-corrected chi connectivity index (χ1v) is 10.0. The lowest BCUT2D eigenvalue weighted by molar-refractivity contribution is -0.116. The van der Waals surface area contributed by atoms with Gasteiger partial charge in [-0.3, -0.25) is 14.2 Å². The zero-order chi connectivity index (χ0) is 20.5. The Balaban J connectivity index is 1.80. The van der Waals surface area contributed by atoms with Gasteiger partial charge in [0.15, 0.2) is 9.60 Å². The van der Waals surface area contributed by atoms with Crippen molar-refractivity contribution in [1.29, 1.82) is 0 Å². The lowest BCUT2D eigenvalue weighted by Crippen LogP contribution is -2.27. The minimum atomic E-state index is -0.291. The number of anilines is 1. The van der Waals surface area contributed by atoms with Gasteiger partial charge in [-0.15, -0.1) is 6.58 Å². The van der Waals surface area contributed by atoms with E-state index in [0.29, 0.717) is 26.5 Å². The summed E-state index contributed by atoms with van der Waals surface area (Å²) < 4.78 is 4.05. The van der Waals surface area contributed by atoms with E-state index in [2.05, 4.69) is 37.7 Å². The average molecular weight is 415 g/mol. The molecular formula is C20H22N4O2S2. The third-order valence-electron chi connectivity index (χ3n) is 4.30. The van der Waals surface area contributed by atoms with Gasteiger partial charge in [0, 0.05) is 12.2 Å². The van der Waals surface area contributed by atoms with Crippen LogP contribution in [0.3, 0.4) is 0 Å². The third-order valence-corrected chi connectivity index (χ3v) is 5.73. The zero-order valence-corrected chi connectivity index (χ0v) is 17.7. The highest BCUT2D eigenvalue weighted by atomic mass is 32.1. The van der Waals surface area contributed by atoms with Crippen LogP contribution < -0.4 is 10.9 Å². The molecule has 1 aromatic carbocycles. The van der Waals surface area contributed by atoms with E-state index in [1.165, 1.54) is 27.8 Å². The number of carbonyl (C=O) groups excluding carboxylic acids is 1. The molecule has 2 aromatic heterocycles. The van der Waals surface area contributed by atoms with Crippen LogP contribution in [0.15, 0.2) is 48.0 Å². The second-order valence-electron chi connectivity index (χ2n) is 7.47. The van der Waals surface area contributed by atoms with Gasteiger partial charge in [-0.1, -0.05) is 50.3 Å². The second-order valence-corrected chi connectivity index (χ2v) is 9.12.